The highest BCUT2D eigenvalue weighted by molar-refractivity contribution is 5.94. The minimum Gasteiger partial charge on any atom is -0.480 e. The Kier molecular flexibility index (Phi) is 4.68. The van der Waals surface area contributed by atoms with Crippen molar-refractivity contribution in [2.24, 2.45) is 7.05 Å². The number of carbonyl (C=O) groups excluding carboxylic acids is 1. The fourth-order valence-corrected chi connectivity index (χ4v) is 3.48. The summed E-state index contributed by atoms with van der Waals surface area (Å²) in [6.45, 7) is 2.47. The molecule has 144 valence electrons. The van der Waals surface area contributed by atoms with Gasteiger partial charge in [0.15, 0.2) is 0 Å². The van der Waals surface area contributed by atoms with E-state index in [0.717, 1.165) is 16.6 Å². The third-order valence-corrected chi connectivity index (χ3v) is 5.06. The Morgan fingerprint density at radius 3 is 2.64 bits per heavy atom. The molecule has 1 aliphatic heterocycles. The molecule has 1 aliphatic rings. The zero-order chi connectivity index (χ0) is 19.7. The number of aryl methyl sites for hydroxylation is 1. The first kappa shape index (κ1) is 18.0. The molecule has 2 aromatic heterocycles. The minimum atomic E-state index is -0.267. The molecule has 0 saturated carbocycles. The monoisotopic (exact) mass is 379 g/mol. The summed E-state index contributed by atoms with van der Waals surface area (Å²) in [5.74, 6) is 0.329. The third kappa shape index (κ3) is 3.17. The fraction of sp³-hybridized carbons (Fsp3) is 0.300. The van der Waals surface area contributed by atoms with Crippen LogP contribution in [0.25, 0.3) is 10.9 Å². The van der Waals surface area contributed by atoms with Gasteiger partial charge in [-0.1, -0.05) is 0 Å². The molecule has 1 saturated heterocycles. The maximum atomic E-state index is 12.7. The average molecular weight is 379 g/mol. The summed E-state index contributed by atoms with van der Waals surface area (Å²) >= 11 is 0. The molecule has 0 spiro atoms. The van der Waals surface area contributed by atoms with Crippen LogP contribution in [0.4, 0.5) is 5.69 Å². The van der Waals surface area contributed by atoms with E-state index >= 15 is 0 Å². The molecule has 8 nitrogen and oxygen atoms in total. The standard InChI is InChI=1S/C20H21N5O3/c1-23-7-3-4-15(19(23)26)20(27)25-10-8-24(9-11-25)14-5-6-17-16(12-14)18(28-2)22-13-21-17/h3-7,12-13H,8-11H2,1-2H3. The van der Waals surface area contributed by atoms with Crippen LogP contribution in [0.3, 0.4) is 0 Å². The van der Waals surface area contributed by atoms with E-state index < -0.39 is 0 Å². The molecule has 0 atom stereocenters. The Labute approximate surface area is 162 Å². The number of rotatable bonds is 3. The number of piperazine rings is 1. The van der Waals surface area contributed by atoms with Gasteiger partial charge in [0.1, 0.15) is 11.9 Å². The second-order valence-corrected chi connectivity index (χ2v) is 6.70. The van der Waals surface area contributed by atoms with Gasteiger partial charge >= 0.3 is 0 Å². The summed E-state index contributed by atoms with van der Waals surface area (Å²) in [6, 6.07) is 9.28. The lowest BCUT2D eigenvalue weighted by Crippen LogP contribution is -2.49. The lowest BCUT2D eigenvalue weighted by Gasteiger charge is -2.36. The lowest BCUT2D eigenvalue weighted by molar-refractivity contribution is 0.0744. The first-order chi connectivity index (χ1) is 13.6. The van der Waals surface area contributed by atoms with Gasteiger partial charge in [-0.3, -0.25) is 9.59 Å². The number of nitrogens with zero attached hydrogens (tertiary/aromatic N) is 5. The third-order valence-electron chi connectivity index (χ3n) is 5.06. The SMILES string of the molecule is COc1ncnc2ccc(N3CCN(C(=O)c4cccn(C)c4=O)CC3)cc12. The highest BCUT2D eigenvalue weighted by Gasteiger charge is 2.24. The molecule has 0 radical (unpaired) electrons. The normalized spacial score (nSPS) is 14.4. The number of ether oxygens (including phenoxy) is 1. The molecule has 3 heterocycles. The van der Waals surface area contributed by atoms with E-state index in [9.17, 15) is 9.59 Å². The number of hydrogen-bond acceptors (Lipinski definition) is 6. The Morgan fingerprint density at radius 1 is 1.11 bits per heavy atom. The van der Waals surface area contributed by atoms with Crippen LogP contribution in [0.5, 0.6) is 5.88 Å². The summed E-state index contributed by atoms with van der Waals surface area (Å²) in [6.07, 6.45) is 3.13. The first-order valence-corrected chi connectivity index (χ1v) is 9.07. The van der Waals surface area contributed by atoms with Crippen molar-refractivity contribution in [1.29, 1.82) is 0 Å². The Bertz CT molecular complexity index is 1090. The maximum Gasteiger partial charge on any atom is 0.263 e. The van der Waals surface area contributed by atoms with Crippen LogP contribution in [0, 0.1) is 0 Å². The average Bonchev–Trinajstić information content (AvgIpc) is 2.74. The smallest absolute Gasteiger partial charge is 0.263 e. The van der Waals surface area contributed by atoms with Crippen molar-refractivity contribution >= 4 is 22.5 Å². The van der Waals surface area contributed by atoms with E-state index in [1.807, 2.05) is 18.2 Å². The Balaban J connectivity index is 1.51. The zero-order valence-electron chi connectivity index (χ0n) is 15.8. The van der Waals surface area contributed by atoms with Crippen molar-refractivity contribution in [2.45, 2.75) is 0 Å². The number of pyridine rings is 1. The Morgan fingerprint density at radius 2 is 1.89 bits per heavy atom. The van der Waals surface area contributed by atoms with Gasteiger partial charge in [-0.15, -0.1) is 0 Å². The number of fused-ring (bicyclic) bond motifs is 1. The summed E-state index contributed by atoms with van der Waals surface area (Å²) in [7, 11) is 3.24. The molecule has 1 aromatic carbocycles. The quantitative estimate of drug-likeness (QED) is 0.682. The van der Waals surface area contributed by atoms with Crippen LogP contribution < -0.4 is 15.2 Å². The number of anilines is 1. The van der Waals surface area contributed by atoms with Crippen LogP contribution in [-0.2, 0) is 7.05 Å². The fourth-order valence-electron chi connectivity index (χ4n) is 3.48. The summed E-state index contributed by atoms with van der Waals surface area (Å²) in [5, 5.41) is 0.855. The number of methoxy groups -OCH3 is 1. The molecule has 3 aromatic rings. The van der Waals surface area contributed by atoms with Gasteiger partial charge in [0.25, 0.3) is 11.5 Å². The van der Waals surface area contributed by atoms with Gasteiger partial charge in [0.05, 0.1) is 18.0 Å². The molecule has 0 N–H and O–H groups in total. The lowest BCUT2D eigenvalue weighted by atomic mass is 10.1. The van der Waals surface area contributed by atoms with Crippen LogP contribution in [0.2, 0.25) is 0 Å². The van der Waals surface area contributed by atoms with Crippen molar-refractivity contribution in [1.82, 2.24) is 19.4 Å². The van der Waals surface area contributed by atoms with Gasteiger partial charge in [-0.2, -0.15) is 0 Å². The van der Waals surface area contributed by atoms with Gasteiger partial charge in [0.2, 0.25) is 5.88 Å². The second-order valence-electron chi connectivity index (χ2n) is 6.70. The summed E-state index contributed by atoms with van der Waals surface area (Å²) < 4.78 is 6.76. The number of hydrogen-bond donors (Lipinski definition) is 0. The van der Waals surface area contributed by atoms with Crippen molar-refractivity contribution in [3.8, 4) is 5.88 Å². The number of aromatic nitrogens is 3. The molecule has 28 heavy (non-hydrogen) atoms. The largest absolute Gasteiger partial charge is 0.480 e. The van der Waals surface area contributed by atoms with Crippen LogP contribution in [0.15, 0.2) is 47.7 Å². The minimum absolute atomic E-state index is 0.213. The molecular weight excluding hydrogens is 358 g/mol. The first-order valence-electron chi connectivity index (χ1n) is 9.07. The van der Waals surface area contributed by atoms with E-state index in [4.69, 9.17) is 4.74 Å². The van der Waals surface area contributed by atoms with Crippen LogP contribution in [-0.4, -0.2) is 58.6 Å². The van der Waals surface area contributed by atoms with Gasteiger partial charge in [0, 0.05) is 45.1 Å². The zero-order valence-corrected chi connectivity index (χ0v) is 15.8. The molecule has 4 rings (SSSR count). The summed E-state index contributed by atoms with van der Waals surface area (Å²) in [4.78, 5) is 37.3. The second kappa shape index (κ2) is 7.30. The number of carbonyl (C=O) groups is 1. The summed E-state index contributed by atoms with van der Waals surface area (Å²) in [5.41, 5.74) is 1.80. The van der Waals surface area contributed by atoms with E-state index in [-0.39, 0.29) is 17.0 Å². The predicted molar refractivity (Wildman–Crippen MR) is 106 cm³/mol. The molecular formula is C20H21N5O3. The van der Waals surface area contributed by atoms with E-state index in [1.54, 1.807) is 37.4 Å². The number of benzene rings is 1. The van der Waals surface area contributed by atoms with Crippen molar-refractivity contribution in [3.63, 3.8) is 0 Å². The van der Waals surface area contributed by atoms with E-state index in [1.165, 1.54) is 10.9 Å². The predicted octanol–water partition coefficient (Wildman–Crippen LogP) is 1.30. The van der Waals surface area contributed by atoms with Gasteiger partial charge in [-0.05, 0) is 30.3 Å². The van der Waals surface area contributed by atoms with Crippen molar-refractivity contribution < 1.29 is 9.53 Å². The van der Waals surface area contributed by atoms with E-state index in [2.05, 4.69) is 14.9 Å². The molecule has 1 amide bonds. The highest BCUT2D eigenvalue weighted by Crippen LogP contribution is 2.27. The Hall–Kier alpha value is -3.42. The molecule has 0 unspecified atom stereocenters. The molecule has 0 aliphatic carbocycles. The maximum absolute atomic E-state index is 12.7. The molecule has 0 bridgehead atoms. The van der Waals surface area contributed by atoms with Crippen LogP contribution >= 0.6 is 0 Å². The topological polar surface area (TPSA) is 80.6 Å². The highest BCUT2D eigenvalue weighted by atomic mass is 16.5. The van der Waals surface area contributed by atoms with Gasteiger partial charge in [-0.25, -0.2) is 9.97 Å². The van der Waals surface area contributed by atoms with Gasteiger partial charge < -0.3 is 19.1 Å². The van der Waals surface area contributed by atoms with Crippen molar-refractivity contribution in [2.75, 3.05) is 38.2 Å². The number of amides is 1. The van der Waals surface area contributed by atoms with Crippen LogP contribution in [0.1, 0.15) is 10.4 Å². The molecule has 8 heteroatoms. The van der Waals surface area contributed by atoms with Crippen molar-refractivity contribution in [3.05, 3.63) is 58.8 Å². The van der Waals surface area contributed by atoms with E-state index in [0.29, 0.717) is 32.1 Å². The molecule has 1 fully saturated rings.